The van der Waals surface area contributed by atoms with Crippen LogP contribution in [-0.2, 0) is 6.61 Å². The molecule has 1 aliphatic carbocycles. The molecule has 0 spiro atoms. The van der Waals surface area contributed by atoms with E-state index in [2.05, 4.69) is 43.3 Å². The number of rotatable bonds is 8. The van der Waals surface area contributed by atoms with Gasteiger partial charge in [0.05, 0.1) is 5.60 Å². The lowest BCUT2D eigenvalue weighted by molar-refractivity contribution is -0.0255. The van der Waals surface area contributed by atoms with Crippen LogP contribution in [0.1, 0.15) is 55.6 Å². The van der Waals surface area contributed by atoms with Gasteiger partial charge in [0.25, 0.3) is 0 Å². The molecule has 2 aromatic carbocycles. The lowest BCUT2D eigenvalue weighted by Crippen LogP contribution is -2.39. The summed E-state index contributed by atoms with van der Waals surface area (Å²) in [6, 6.07) is 18.6. The van der Waals surface area contributed by atoms with Crippen molar-refractivity contribution >= 4 is 0 Å². The molecule has 1 fully saturated rings. The first-order valence-corrected chi connectivity index (χ1v) is 10.2. The molecule has 3 rings (SSSR count). The Morgan fingerprint density at radius 3 is 2.26 bits per heavy atom. The number of nitrogens with zero attached hydrogens (tertiary/aromatic N) is 1. The van der Waals surface area contributed by atoms with E-state index in [1.807, 2.05) is 30.3 Å². The average molecular weight is 368 g/mol. The molecule has 1 N–H and O–H groups in total. The zero-order chi connectivity index (χ0) is 19.1. The van der Waals surface area contributed by atoms with Crippen LogP contribution in [-0.4, -0.2) is 36.2 Å². The Balaban J connectivity index is 1.70. The second kappa shape index (κ2) is 9.38. The molecular formula is C24H33NO2. The van der Waals surface area contributed by atoms with Gasteiger partial charge >= 0.3 is 0 Å². The van der Waals surface area contributed by atoms with Crippen LogP contribution in [0.25, 0.3) is 0 Å². The molecule has 1 unspecified atom stereocenters. The largest absolute Gasteiger partial charge is 0.489 e. The maximum Gasteiger partial charge on any atom is 0.119 e. The summed E-state index contributed by atoms with van der Waals surface area (Å²) in [4.78, 5) is 2.20. The quantitative estimate of drug-likeness (QED) is 0.713. The SMILES string of the molecule is CN(C)CCC(c1ccc(OCc2ccccc2)cc1)C1(O)CCCCC1. The van der Waals surface area contributed by atoms with E-state index >= 15 is 0 Å². The normalized spacial score (nSPS) is 17.6. The summed E-state index contributed by atoms with van der Waals surface area (Å²) < 4.78 is 5.92. The zero-order valence-electron chi connectivity index (χ0n) is 16.7. The third-order valence-corrected chi connectivity index (χ3v) is 5.76. The summed E-state index contributed by atoms with van der Waals surface area (Å²) in [6.45, 7) is 1.56. The lowest BCUT2D eigenvalue weighted by Gasteiger charge is -2.40. The molecule has 146 valence electrons. The second-order valence-corrected chi connectivity index (χ2v) is 8.15. The van der Waals surface area contributed by atoms with Gasteiger partial charge in [0.1, 0.15) is 12.4 Å². The maximum atomic E-state index is 11.4. The molecule has 0 amide bonds. The van der Waals surface area contributed by atoms with Crippen LogP contribution in [0, 0.1) is 0 Å². The van der Waals surface area contributed by atoms with Crippen LogP contribution in [0.2, 0.25) is 0 Å². The summed E-state index contributed by atoms with van der Waals surface area (Å²) >= 11 is 0. The summed E-state index contributed by atoms with van der Waals surface area (Å²) in [5, 5.41) is 11.4. The Bertz CT molecular complexity index is 675. The van der Waals surface area contributed by atoms with Crippen LogP contribution < -0.4 is 4.74 Å². The third kappa shape index (κ3) is 5.57. The molecule has 0 heterocycles. The first kappa shape index (κ1) is 19.9. The first-order chi connectivity index (χ1) is 13.1. The van der Waals surface area contributed by atoms with Crippen molar-refractivity contribution in [3.63, 3.8) is 0 Å². The van der Waals surface area contributed by atoms with Crippen molar-refractivity contribution in [3.8, 4) is 5.75 Å². The van der Waals surface area contributed by atoms with Crippen molar-refractivity contribution < 1.29 is 9.84 Å². The monoisotopic (exact) mass is 367 g/mol. The highest BCUT2D eigenvalue weighted by Gasteiger charge is 2.38. The van der Waals surface area contributed by atoms with Gasteiger partial charge < -0.3 is 14.7 Å². The maximum absolute atomic E-state index is 11.4. The third-order valence-electron chi connectivity index (χ3n) is 5.76. The van der Waals surface area contributed by atoms with E-state index < -0.39 is 5.60 Å². The highest BCUT2D eigenvalue weighted by atomic mass is 16.5. The number of benzene rings is 2. The van der Waals surface area contributed by atoms with E-state index in [9.17, 15) is 5.11 Å². The van der Waals surface area contributed by atoms with E-state index in [0.717, 1.165) is 44.4 Å². The van der Waals surface area contributed by atoms with Crippen molar-refractivity contribution in [1.29, 1.82) is 0 Å². The van der Waals surface area contributed by atoms with Gasteiger partial charge in [-0.3, -0.25) is 0 Å². The molecule has 3 heteroatoms. The minimum atomic E-state index is -0.569. The fourth-order valence-electron chi connectivity index (χ4n) is 4.18. The van der Waals surface area contributed by atoms with Crippen LogP contribution in [0.4, 0.5) is 0 Å². The van der Waals surface area contributed by atoms with E-state index in [0.29, 0.717) is 6.61 Å². The molecular weight excluding hydrogens is 334 g/mol. The minimum Gasteiger partial charge on any atom is -0.489 e. The number of hydrogen-bond acceptors (Lipinski definition) is 3. The predicted octanol–water partition coefficient (Wildman–Crippen LogP) is 5.00. The standard InChI is InChI=1S/C24H33NO2/c1-25(2)18-15-23(24(26)16-7-4-8-17-24)21-11-13-22(14-12-21)27-19-20-9-5-3-6-10-20/h3,5-6,9-14,23,26H,4,7-8,15-19H2,1-2H3. The van der Waals surface area contributed by atoms with Crippen molar-refractivity contribution in [1.82, 2.24) is 4.90 Å². The zero-order valence-corrected chi connectivity index (χ0v) is 16.7. The molecule has 1 saturated carbocycles. The Labute approximate surface area is 164 Å². The van der Waals surface area contributed by atoms with Gasteiger partial charge in [-0.25, -0.2) is 0 Å². The first-order valence-electron chi connectivity index (χ1n) is 10.2. The number of ether oxygens (including phenoxy) is 1. The number of aliphatic hydroxyl groups is 1. The summed E-state index contributed by atoms with van der Waals surface area (Å²) in [5.74, 6) is 1.06. The molecule has 0 aromatic heterocycles. The van der Waals surface area contributed by atoms with Gasteiger partial charge in [-0.1, -0.05) is 61.7 Å². The van der Waals surface area contributed by atoms with Crippen LogP contribution in [0.15, 0.2) is 54.6 Å². The van der Waals surface area contributed by atoms with Gasteiger partial charge in [-0.2, -0.15) is 0 Å². The van der Waals surface area contributed by atoms with E-state index in [-0.39, 0.29) is 5.92 Å². The highest BCUT2D eigenvalue weighted by Crippen LogP contribution is 2.42. The van der Waals surface area contributed by atoms with Crippen LogP contribution >= 0.6 is 0 Å². The van der Waals surface area contributed by atoms with E-state index in [1.165, 1.54) is 17.5 Å². The molecule has 27 heavy (non-hydrogen) atoms. The molecule has 0 aliphatic heterocycles. The summed E-state index contributed by atoms with van der Waals surface area (Å²) in [7, 11) is 4.20. The topological polar surface area (TPSA) is 32.7 Å². The van der Waals surface area contributed by atoms with Gasteiger partial charge in [0.2, 0.25) is 0 Å². The summed E-state index contributed by atoms with van der Waals surface area (Å²) in [5.41, 5.74) is 1.83. The van der Waals surface area contributed by atoms with Crippen LogP contribution in [0.5, 0.6) is 5.75 Å². The molecule has 1 atom stereocenters. The van der Waals surface area contributed by atoms with Gasteiger partial charge in [0, 0.05) is 5.92 Å². The van der Waals surface area contributed by atoms with Crippen molar-refractivity contribution in [2.45, 2.75) is 56.7 Å². The van der Waals surface area contributed by atoms with Gasteiger partial charge in [-0.05, 0) is 63.2 Å². The van der Waals surface area contributed by atoms with E-state index in [1.54, 1.807) is 0 Å². The van der Waals surface area contributed by atoms with Crippen molar-refractivity contribution in [2.75, 3.05) is 20.6 Å². The van der Waals surface area contributed by atoms with Crippen molar-refractivity contribution in [3.05, 3.63) is 65.7 Å². The molecule has 3 nitrogen and oxygen atoms in total. The van der Waals surface area contributed by atoms with Crippen molar-refractivity contribution in [2.24, 2.45) is 0 Å². The fourth-order valence-corrected chi connectivity index (χ4v) is 4.18. The molecule has 2 aromatic rings. The smallest absolute Gasteiger partial charge is 0.119 e. The average Bonchev–Trinajstić information content (AvgIpc) is 2.68. The molecule has 0 bridgehead atoms. The van der Waals surface area contributed by atoms with Gasteiger partial charge in [0.15, 0.2) is 0 Å². The Morgan fingerprint density at radius 2 is 1.63 bits per heavy atom. The lowest BCUT2D eigenvalue weighted by atomic mass is 9.71. The van der Waals surface area contributed by atoms with E-state index in [4.69, 9.17) is 4.74 Å². The Kier molecular flexibility index (Phi) is 6.92. The minimum absolute atomic E-state index is 0.184. The molecule has 0 radical (unpaired) electrons. The summed E-state index contributed by atoms with van der Waals surface area (Å²) in [6.07, 6.45) is 6.32. The van der Waals surface area contributed by atoms with Gasteiger partial charge in [-0.15, -0.1) is 0 Å². The predicted molar refractivity (Wildman–Crippen MR) is 111 cm³/mol. The molecule has 1 aliphatic rings. The van der Waals surface area contributed by atoms with Crippen LogP contribution in [0.3, 0.4) is 0 Å². The fraction of sp³-hybridized carbons (Fsp3) is 0.500. The number of hydrogen-bond donors (Lipinski definition) is 1. The Hall–Kier alpha value is -1.84. The highest BCUT2D eigenvalue weighted by molar-refractivity contribution is 5.31. The Morgan fingerprint density at radius 1 is 0.963 bits per heavy atom. The second-order valence-electron chi connectivity index (χ2n) is 8.15. The molecule has 0 saturated heterocycles.